The number of anilines is 1. The molecule has 25 heavy (non-hydrogen) atoms. The SMILES string of the molecule is CCN(CCc1ccncc1)c1ncnc2sc(C(=O)OC)c(C)c12. The number of carbonyl (C=O) groups excluding carboxylic acids is 1. The molecular formula is C18H20N4O2S. The van der Waals surface area contributed by atoms with Gasteiger partial charge in [0.1, 0.15) is 21.9 Å². The first-order valence-electron chi connectivity index (χ1n) is 8.12. The fraction of sp³-hybridized carbons (Fsp3) is 0.333. The molecule has 7 heteroatoms. The van der Waals surface area contributed by atoms with Crippen LogP contribution in [0.5, 0.6) is 0 Å². The van der Waals surface area contributed by atoms with Crippen LogP contribution in [-0.4, -0.2) is 41.1 Å². The number of aryl methyl sites for hydroxylation is 1. The molecule has 0 bridgehead atoms. The Bertz CT molecular complexity index is 879. The van der Waals surface area contributed by atoms with Crippen LogP contribution in [-0.2, 0) is 11.2 Å². The molecule has 0 radical (unpaired) electrons. The number of hydrogen-bond donors (Lipinski definition) is 0. The third-order valence-corrected chi connectivity index (χ3v) is 5.36. The van der Waals surface area contributed by atoms with Crippen LogP contribution in [0.4, 0.5) is 5.82 Å². The van der Waals surface area contributed by atoms with E-state index < -0.39 is 0 Å². The number of thiophene rings is 1. The highest BCUT2D eigenvalue weighted by Crippen LogP contribution is 2.35. The summed E-state index contributed by atoms with van der Waals surface area (Å²) in [6, 6.07) is 4.04. The maximum atomic E-state index is 12.0. The third kappa shape index (κ3) is 3.46. The van der Waals surface area contributed by atoms with Crippen LogP contribution in [0.3, 0.4) is 0 Å². The van der Waals surface area contributed by atoms with E-state index in [0.29, 0.717) is 4.88 Å². The molecule has 3 heterocycles. The molecule has 3 aromatic heterocycles. The zero-order valence-electron chi connectivity index (χ0n) is 14.5. The van der Waals surface area contributed by atoms with Gasteiger partial charge in [-0.05, 0) is 43.5 Å². The first kappa shape index (κ1) is 17.3. The third-order valence-electron chi connectivity index (χ3n) is 4.18. The molecule has 0 fully saturated rings. The predicted molar refractivity (Wildman–Crippen MR) is 99.3 cm³/mol. The molecule has 130 valence electrons. The Morgan fingerprint density at radius 1 is 1.28 bits per heavy atom. The molecule has 0 aliphatic rings. The van der Waals surface area contributed by atoms with Crippen LogP contribution in [0.15, 0.2) is 30.9 Å². The molecule has 0 unspecified atom stereocenters. The van der Waals surface area contributed by atoms with Crippen molar-refractivity contribution >= 4 is 33.3 Å². The van der Waals surface area contributed by atoms with Crippen LogP contribution in [0.2, 0.25) is 0 Å². The summed E-state index contributed by atoms with van der Waals surface area (Å²) in [5.41, 5.74) is 2.11. The number of pyridine rings is 1. The number of likely N-dealkylation sites (N-methyl/N-ethyl adjacent to an activating group) is 1. The molecule has 0 saturated heterocycles. The maximum absolute atomic E-state index is 12.0. The molecule has 0 aliphatic carbocycles. The lowest BCUT2D eigenvalue weighted by Crippen LogP contribution is -2.26. The first-order chi connectivity index (χ1) is 12.2. The van der Waals surface area contributed by atoms with Crippen LogP contribution in [0, 0.1) is 6.92 Å². The second-order valence-electron chi connectivity index (χ2n) is 5.61. The topological polar surface area (TPSA) is 68.2 Å². The summed E-state index contributed by atoms with van der Waals surface area (Å²) in [6.07, 6.45) is 6.07. The molecule has 0 N–H and O–H groups in total. The standard InChI is InChI=1S/C18H20N4O2S/c1-4-22(10-7-13-5-8-19-9-6-13)16-14-12(2)15(18(23)24-3)25-17(14)21-11-20-16/h5-6,8-9,11H,4,7,10H2,1-3H3. The Morgan fingerprint density at radius 3 is 2.72 bits per heavy atom. The maximum Gasteiger partial charge on any atom is 0.348 e. The van der Waals surface area contributed by atoms with Crippen LogP contribution >= 0.6 is 11.3 Å². The van der Waals surface area contributed by atoms with Gasteiger partial charge in [0.2, 0.25) is 0 Å². The van der Waals surface area contributed by atoms with Crippen molar-refractivity contribution in [2.45, 2.75) is 20.3 Å². The Hall–Kier alpha value is -2.54. The number of rotatable bonds is 6. The number of hydrogen-bond acceptors (Lipinski definition) is 7. The Labute approximate surface area is 150 Å². The van der Waals surface area contributed by atoms with Crippen molar-refractivity contribution < 1.29 is 9.53 Å². The Morgan fingerprint density at radius 2 is 2.04 bits per heavy atom. The predicted octanol–water partition coefficient (Wildman–Crippen LogP) is 3.25. The van der Waals surface area contributed by atoms with Gasteiger partial charge in [0, 0.05) is 25.5 Å². The lowest BCUT2D eigenvalue weighted by Gasteiger charge is -2.22. The Kier molecular flexibility index (Phi) is 5.23. The second-order valence-corrected chi connectivity index (χ2v) is 6.61. The fourth-order valence-corrected chi connectivity index (χ4v) is 3.87. The number of carbonyl (C=O) groups is 1. The molecule has 0 amide bonds. The molecular weight excluding hydrogens is 336 g/mol. The van der Waals surface area contributed by atoms with E-state index in [1.54, 1.807) is 18.7 Å². The lowest BCUT2D eigenvalue weighted by molar-refractivity contribution is 0.0605. The van der Waals surface area contributed by atoms with Crippen LogP contribution in [0.1, 0.15) is 27.7 Å². The summed E-state index contributed by atoms with van der Waals surface area (Å²) in [6.45, 7) is 5.67. The largest absolute Gasteiger partial charge is 0.465 e. The van der Waals surface area contributed by atoms with Crippen molar-refractivity contribution in [3.8, 4) is 0 Å². The molecule has 0 atom stereocenters. The van der Waals surface area contributed by atoms with Crippen molar-refractivity contribution in [2.75, 3.05) is 25.1 Å². The zero-order chi connectivity index (χ0) is 17.8. The van der Waals surface area contributed by atoms with Gasteiger partial charge in [-0.2, -0.15) is 0 Å². The van der Waals surface area contributed by atoms with E-state index in [1.165, 1.54) is 24.0 Å². The van der Waals surface area contributed by atoms with Crippen molar-refractivity contribution in [1.82, 2.24) is 15.0 Å². The quantitative estimate of drug-likeness (QED) is 0.632. The second kappa shape index (κ2) is 7.57. The van der Waals surface area contributed by atoms with Gasteiger partial charge in [-0.1, -0.05) is 0 Å². The summed E-state index contributed by atoms with van der Waals surface area (Å²) >= 11 is 1.35. The van der Waals surface area contributed by atoms with E-state index in [4.69, 9.17) is 4.74 Å². The van der Waals surface area contributed by atoms with E-state index in [-0.39, 0.29) is 5.97 Å². The highest BCUT2D eigenvalue weighted by molar-refractivity contribution is 7.20. The average Bonchev–Trinajstić information content (AvgIpc) is 3.00. The summed E-state index contributed by atoms with van der Waals surface area (Å²) in [5, 5.41) is 0.935. The van der Waals surface area contributed by atoms with Crippen LogP contribution < -0.4 is 4.90 Å². The van der Waals surface area contributed by atoms with Gasteiger partial charge >= 0.3 is 5.97 Å². The van der Waals surface area contributed by atoms with E-state index in [1.807, 2.05) is 19.1 Å². The van der Waals surface area contributed by atoms with Gasteiger partial charge in [0.15, 0.2) is 0 Å². The number of methoxy groups -OCH3 is 1. The summed E-state index contributed by atoms with van der Waals surface area (Å²) in [7, 11) is 1.39. The van der Waals surface area contributed by atoms with Gasteiger partial charge in [0.05, 0.1) is 12.5 Å². The minimum absolute atomic E-state index is 0.328. The zero-order valence-corrected chi connectivity index (χ0v) is 15.3. The lowest BCUT2D eigenvalue weighted by atomic mass is 10.1. The van der Waals surface area contributed by atoms with Crippen molar-refractivity contribution in [3.05, 3.63) is 46.9 Å². The molecule has 0 aliphatic heterocycles. The molecule has 3 aromatic rings. The average molecular weight is 356 g/mol. The van der Waals surface area contributed by atoms with Gasteiger partial charge < -0.3 is 9.64 Å². The van der Waals surface area contributed by atoms with Crippen molar-refractivity contribution in [1.29, 1.82) is 0 Å². The fourth-order valence-electron chi connectivity index (χ4n) is 2.81. The van der Waals surface area contributed by atoms with Gasteiger partial charge in [-0.3, -0.25) is 4.98 Å². The smallest absolute Gasteiger partial charge is 0.348 e. The molecule has 3 rings (SSSR count). The number of aromatic nitrogens is 3. The summed E-state index contributed by atoms with van der Waals surface area (Å²) in [4.78, 5) is 28.5. The monoisotopic (exact) mass is 356 g/mol. The number of nitrogens with zero attached hydrogens (tertiary/aromatic N) is 4. The Balaban J connectivity index is 1.95. The molecule has 0 saturated carbocycles. The minimum atomic E-state index is -0.328. The van der Waals surface area contributed by atoms with E-state index in [2.05, 4.69) is 26.8 Å². The van der Waals surface area contributed by atoms with Gasteiger partial charge in [-0.25, -0.2) is 14.8 Å². The van der Waals surface area contributed by atoms with Crippen molar-refractivity contribution in [2.24, 2.45) is 0 Å². The van der Waals surface area contributed by atoms with E-state index in [9.17, 15) is 4.79 Å². The normalized spacial score (nSPS) is 10.8. The summed E-state index contributed by atoms with van der Waals surface area (Å²) < 4.78 is 4.88. The van der Waals surface area contributed by atoms with Crippen LogP contribution in [0.25, 0.3) is 10.2 Å². The molecule has 0 aromatic carbocycles. The van der Waals surface area contributed by atoms with Gasteiger partial charge in [-0.15, -0.1) is 11.3 Å². The summed E-state index contributed by atoms with van der Waals surface area (Å²) in [5.74, 6) is 0.539. The van der Waals surface area contributed by atoms with Gasteiger partial charge in [0.25, 0.3) is 0 Å². The van der Waals surface area contributed by atoms with E-state index >= 15 is 0 Å². The van der Waals surface area contributed by atoms with Crippen molar-refractivity contribution in [3.63, 3.8) is 0 Å². The highest BCUT2D eigenvalue weighted by atomic mass is 32.1. The minimum Gasteiger partial charge on any atom is -0.465 e. The molecule has 6 nitrogen and oxygen atoms in total. The van der Waals surface area contributed by atoms with E-state index in [0.717, 1.165) is 41.1 Å². The highest BCUT2D eigenvalue weighted by Gasteiger charge is 2.21. The number of ether oxygens (including phenoxy) is 1. The first-order valence-corrected chi connectivity index (χ1v) is 8.93. The molecule has 0 spiro atoms. The number of fused-ring (bicyclic) bond motifs is 1. The number of esters is 1.